The first-order chi connectivity index (χ1) is 13.2. The molecule has 1 fully saturated rings. The molecule has 1 aliphatic heterocycles. The lowest BCUT2D eigenvalue weighted by molar-refractivity contribution is 0.123. The lowest BCUT2D eigenvalue weighted by Crippen LogP contribution is -2.47. The molecule has 0 amide bonds. The van der Waals surface area contributed by atoms with E-state index in [9.17, 15) is 4.79 Å². The van der Waals surface area contributed by atoms with Crippen molar-refractivity contribution in [3.63, 3.8) is 0 Å². The van der Waals surface area contributed by atoms with Crippen LogP contribution in [0.15, 0.2) is 41.7 Å². The molecule has 27 heavy (non-hydrogen) atoms. The van der Waals surface area contributed by atoms with Gasteiger partial charge in [0.1, 0.15) is 18.4 Å². The van der Waals surface area contributed by atoms with Crippen molar-refractivity contribution in [1.82, 2.24) is 29.5 Å². The Kier molecular flexibility index (Phi) is 5.17. The number of benzene rings is 1. The summed E-state index contributed by atoms with van der Waals surface area (Å²) in [5, 5.41) is 5.16. The van der Waals surface area contributed by atoms with Crippen molar-refractivity contribution in [1.29, 1.82) is 0 Å². The van der Waals surface area contributed by atoms with E-state index in [2.05, 4.69) is 24.9 Å². The van der Waals surface area contributed by atoms with Gasteiger partial charge >= 0.3 is 0 Å². The van der Waals surface area contributed by atoms with E-state index >= 15 is 0 Å². The smallest absolute Gasteiger partial charge is 0.252 e. The van der Waals surface area contributed by atoms with Crippen molar-refractivity contribution in [2.75, 3.05) is 39.8 Å². The topological polar surface area (TPSA) is 79.3 Å². The first kappa shape index (κ1) is 17.7. The molecule has 0 unspecified atom stereocenters. The summed E-state index contributed by atoms with van der Waals surface area (Å²) in [7, 11) is 1.62. The van der Waals surface area contributed by atoms with Crippen LogP contribution < -0.4 is 10.3 Å². The summed E-state index contributed by atoms with van der Waals surface area (Å²) in [5.74, 6) is 0.743. The number of hydrogen-bond donors (Lipinski definition) is 1. The van der Waals surface area contributed by atoms with Gasteiger partial charge in [0.25, 0.3) is 5.56 Å². The monoisotopic (exact) mass is 368 g/mol. The number of rotatable bonds is 6. The van der Waals surface area contributed by atoms with Crippen LogP contribution in [0.3, 0.4) is 0 Å². The van der Waals surface area contributed by atoms with Crippen molar-refractivity contribution >= 4 is 10.9 Å². The zero-order valence-corrected chi connectivity index (χ0v) is 15.5. The van der Waals surface area contributed by atoms with Gasteiger partial charge in [0.05, 0.1) is 19.2 Å². The number of nitrogens with one attached hydrogen (secondary N) is 1. The fourth-order valence-corrected chi connectivity index (χ4v) is 3.47. The molecule has 3 aromatic rings. The highest BCUT2D eigenvalue weighted by molar-refractivity contribution is 5.80. The number of ether oxygens (including phenoxy) is 1. The zero-order chi connectivity index (χ0) is 18.6. The normalized spacial score (nSPS) is 16.0. The molecule has 1 N–H and O–H groups in total. The Balaban J connectivity index is 1.35. The number of methoxy groups -OCH3 is 1. The summed E-state index contributed by atoms with van der Waals surface area (Å²) in [6, 6.07) is 7.74. The van der Waals surface area contributed by atoms with Crippen molar-refractivity contribution in [2.24, 2.45) is 0 Å². The van der Waals surface area contributed by atoms with Crippen LogP contribution in [0.25, 0.3) is 10.9 Å². The molecule has 1 aromatic carbocycles. The summed E-state index contributed by atoms with van der Waals surface area (Å²) in [6.07, 6.45) is 3.31. The van der Waals surface area contributed by atoms with Crippen LogP contribution in [-0.2, 0) is 13.1 Å². The summed E-state index contributed by atoms with van der Waals surface area (Å²) in [4.78, 5) is 24.2. The number of nitrogens with zero attached hydrogens (tertiary/aromatic N) is 5. The summed E-state index contributed by atoms with van der Waals surface area (Å²) in [5.41, 5.74) is 1.59. The van der Waals surface area contributed by atoms with Crippen molar-refractivity contribution in [3.8, 4) is 5.75 Å². The number of aromatic nitrogens is 4. The summed E-state index contributed by atoms with van der Waals surface area (Å²) in [6.45, 7) is 6.40. The fraction of sp³-hybridized carbons (Fsp3) is 0.421. The maximum atomic E-state index is 12.5. The molecule has 4 rings (SSSR count). The van der Waals surface area contributed by atoms with Crippen molar-refractivity contribution < 1.29 is 4.74 Å². The van der Waals surface area contributed by atoms with Gasteiger partial charge in [0, 0.05) is 50.9 Å². The van der Waals surface area contributed by atoms with Crippen LogP contribution in [0, 0.1) is 0 Å². The van der Waals surface area contributed by atoms with E-state index in [-0.39, 0.29) is 5.56 Å². The second kappa shape index (κ2) is 7.89. The quantitative estimate of drug-likeness (QED) is 0.698. The molecular weight excluding hydrogens is 344 g/mol. The average molecular weight is 368 g/mol. The Hall–Kier alpha value is -2.71. The SMILES string of the molecule is COc1ccc2cc(CN3CCN(CCn4cncn4)CC3)c(=O)[nH]c2c1. The van der Waals surface area contributed by atoms with Gasteiger partial charge in [-0.1, -0.05) is 0 Å². The molecule has 0 spiro atoms. The standard InChI is InChI=1S/C19H24N6O2/c1-27-17-3-2-15-10-16(19(26)22-18(15)11-17)12-24-6-4-23(5-7-24)8-9-25-14-20-13-21-25/h2-3,10-11,13-14H,4-9,12H2,1H3,(H,22,26). The first-order valence-corrected chi connectivity index (χ1v) is 9.18. The Labute approximate surface area is 157 Å². The maximum Gasteiger partial charge on any atom is 0.252 e. The Morgan fingerprint density at radius 1 is 1.11 bits per heavy atom. The van der Waals surface area contributed by atoms with Crippen molar-refractivity contribution in [3.05, 3.63) is 52.8 Å². The van der Waals surface area contributed by atoms with Gasteiger partial charge in [0.15, 0.2) is 0 Å². The van der Waals surface area contributed by atoms with E-state index in [1.165, 1.54) is 0 Å². The van der Waals surface area contributed by atoms with Crippen molar-refractivity contribution in [2.45, 2.75) is 13.1 Å². The molecule has 0 radical (unpaired) electrons. The molecule has 0 aliphatic carbocycles. The number of fused-ring (bicyclic) bond motifs is 1. The van der Waals surface area contributed by atoms with E-state index in [0.29, 0.717) is 6.54 Å². The van der Waals surface area contributed by atoms with Gasteiger partial charge in [-0.15, -0.1) is 0 Å². The molecule has 0 saturated carbocycles. The molecule has 142 valence electrons. The number of piperazine rings is 1. The minimum Gasteiger partial charge on any atom is -0.497 e. The molecule has 8 nitrogen and oxygen atoms in total. The Bertz CT molecular complexity index is 944. The molecule has 0 atom stereocenters. The van der Waals surface area contributed by atoms with E-state index in [1.807, 2.05) is 28.9 Å². The van der Waals surface area contributed by atoms with Gasteiger partial charge in [-0.2, -0.15) is 5.10 Å². The number of aromatic amines is 1. The van der Waals surface area contributed by atoms with Crippen LogP contribution in [0.2, 0.25) is 0 Å². The largest absolute Gasteiger partial charge is 0.497 e. The highest BCUT2D eigenvalue weighted by Crippen LogP contribution is 2.19. The zero-order valence-electron chi connectivity index (χ0n) is 15.5. The Morgan fingerprint density at radius 2 is 1.93 bits per heavy atom. The molecular formula is C19H24N6O2. The molecule has 1 saturated heterocycles. The molecule has 1 aliphatic rings. The number of H-pyrrole nitrogens is 1. The minimum absolute atomic E-state index is 0.0237. The van der Waals surface area contributed by atoms with E-state index in [0.717, 1.165) is 61.5 Å². The van der Waals surface area contributed by atoms with E-state index in [4.69, 9.17) is 4.74 Å². The lowest BCUT2D eigenvalue weighted by Gasteiger charge is -2.34. The average Bonchev–Trinajstić information content (AvgIpc) is 3.21. The summed E-state index contributed by atoms with van der Waals surface area (Å²) < 4.78 is 7.08. The highest BCUT2D eigenvalue weighted by Gasteiger charge is 2.18. The number of pyridine rings is 1. The second-order valence-corrected chi connectivity index (χ2v) is 6.85. The summed E-state index contributed by atoms with van der Waals surface area (Å²) >= 11 is 0. The first-order valence-electron chi connectivity index (χ1n) is 9.18. The molecule has 8 heteroatoms. The van der Waals surface area contributed by atoms with Crippen LogP contribution in [0.5, 0.6) is 5.75 Å². The fourth-order valence-electron chi connectivity index (χ4n) is 3.47. The maximum absolute atomic E-state index is 12.5. The van der Waals surface area contributed by atoms with Gasteiger partial charge < -0.3 is 9.72 Å². The number of hydrogen-bond acceptors (Lipinski definition) is 6. The molecule has 0 bridgehead atoms. The predicted octanol–water partition coefficient (Wildman–Crippen LogP) is 0.946. The second-order valence-electron chi connectivity index (χ2n) is 6.85. The van der Waals surface area contributed by atoms with Crippen LogP contribution in [0.1, 0.15) is 5.56 Å². The van der Waals surface area contributed by atoms with Crippen LogP contribution in [-0.4, -0.2) is 69.4 Å². The minimum atomic E-state index is -0.0237. The molecule has 2 aromatic heterocycles. The predicted molar refractivity (Wildman–Crippen MR) is 103 cm³/mol. The van der Waals surface area contributed by atoms with Gasteiger partial charge in [0.2, 0.25) is 0 Å². The van der Waals surface area contributed by atoms with Crippen LogP contribution in [0.4, 0.5) is 0 Å². The van der Waals surface area contributed by atoms with E-state index in [1.54, 1.807) is 19.8 Å². The Morgan fingerprint density at radius 3 is 2.67 bits per heavy atom. The highest BCUT2D eigenvalue weighted by atomic mass is 16.5. The van der Waals surface area contributed by atoms with Gasteiger partial charge in [-0.25, -0.2) is 4.98 Å². The molecule has 3 heterocycles. The van der Waals surface area contributed by atoms with E-state index < -0.39 is 0 Å². The third-order valence-corrected chi connectivity index (χ3v) is 5.10. The van der Waals surface area contributed by atoms with Crippen LogP contribution >= 0.6 is 0 Å². The van der Waals surface area contributed by atoms with Gasteiger partial charge in [-0.05, 0) is 23.6 Å². The lowest BCUT2D eigenvalue weighted by atomic mass is 10.1. The van der Waals surface area contributed by atoms with Gasteiger partial charge in [-0.3, -0.25) is 19.3 Å². The third kappa shape index (κ3) is 4.17. The third-order valence-electron chi connectivity index (χ3n) is 5.10.